The summed E-state index contributed by atoms with van der Waals surface area (Å²) in [5.74, 6) is 0.0953. The Morgan fingerprint density at radius 1 is 1.47 bits per heavy atom. The summed E-state index contributed by atoms with van der Waals surface area (Å²) in [7, 11) is 0. The van der Waals surface area contributed by atoms with Crippen LogP contribution in [0, 0.1) is 0 Å². The molecule has 1 amide bonds. The van der Waals surface area contributed by atoms with E-state index in [0.717, 1.165) is 12.1 Å². The maximum absolute atomic E-state index is 12.5. The average molecular weight is 262 g/mol. The van der Waals surface area contributed by atoms with Gasteiger partial charge in [0, 0.05) is 25.2 Å². The fraction of sp³-hybridized carbons (Fsp3) is 0.500. The third-order valence-corrected chi connectivity index (χ3v) is 3.72. The largest absolute Gasteiger partial charge is 0.394 e. The summed E-state index contributed by atoms with van der Waals surface area (Å²) in [6, 6.07) is 7.82. The Morgan fingerprint density at radius 2 is 2.32 bits per heavy atom. The van der Waals surface area contributed by atoms with Crippen LogP contribution < -0.4 is 5.32 Å². The van der Waals surface area contributed by atoms with E-state index in [1.165, 1.54) is 5.56 Å². The number of aliphatic hydroxyl groups is 1. The van der Waals surface area contributed by atoms with Crippen LogP contribution in [0.3, 0.4) is 0 Å². The zero-order chi connectivity index (χ0) is 13.2. The van der Waals surface area contributed by atoms with Crippen LogP contribution >= 0.6 is 0 Å². The molecular formula is C14H18N2O3. The highest BCUT2D eigenvalue weighted by Gasteiger charge is 2.32. The van der Waals surface area contributed by atoms with Crippen molar-refractivity contribution in [1.82, 2.24) is 4.90 Å². The lowest BCUT2D eigenvalue weighted by Crippen LogP contribution is -2.51. The van der Waals surface area contributed by atoms with Crippen molar-refractivity contribution in [2.24, 2.45) is 0 Å². The molecule has 0 aromatic heterocycles. The summed E-state index contributed by atoms with van der Waals surface area (Å²) < 4.78 is 5.37. The van der Waals surface area contributed by atoms with Crippen LogP contribution in [0.4, 0.5) is 5.69 Å². The van der Waals surface area contributed by atoms with E-state index in [9.17, 15) is 4.79 Å². The van der Waals surface area contributed by atoms with Gasteiger partial charge in [-0.05, 0) is 11.6 Å². The average Bonchev–Trinajstić information content (AvgIpc) is 2.90. The first-order valence-corrected chi connectivity index (χ1v) is 6.63. The van der Waals surface area contributed by atoms with E-state index in [-0.39, 0.29) is 24.7 Å². The normalized spacial score (nSPS) is 25.8. The topological polar surface area (TPSA) is 61.8 Å². The number of fused-ring (bicyclic) bond motifs is 1. The number of para-hydroxylation sites is 1. The fourth-order valence-electron chi connectivity index (χ4n) is 2.70. The van der Waals surface area contributed by atoms with Crippen molar-refractivity contribution >= 4 is 11.6 Å². The molecule has 102 valence electrons. The Morgan fingerprint density at radius 3 is 3.11 bits per heavy atom. The first kappa shape index (κ1) is 12.4. The van der Waals surface area contributed by atoms with E-state index in [1.54, 1.807) is 4.90 Å². The molecule has 5 nitrogen and oxygen atoms in total. The SMILES string of the molecule is O=C(C1Cc2ccccc2N1)N1CCOC(CO)C1. The minimum Gasteiger partial charge on any atom is -0.394 e. The van der Waals surface area contributed by atoms with E-state index >= 15 is 0 Å². The maximum atomic E-state index is 12.5. The number of nitrogens with one attached hydrogen (secondary N) is 1. The Bertz CT molecular complexity index is 453. The molecule has 2 aliphatic rings. The van der Waals surface area contributed by atoms with Crippen LogP contribution in [0.2, 0.25) is 0 Å². The van der Waals surface area contributed by atoms with E-state index < -0.39 is 0 Å². The molecule has 1 saturated heterocycles. The molecule has 2 heterocycles. The Balaban J connectivity index is 1.66. The molecule has 0 spiro atoms. The number of rotatable bonds is 2. The molecule has 5 heteroatoms. The van der Waals surface area contributed by atoms with Gasteiger partial charge in [0.25, 0.3) is 0 Å². The minimum atomic E-state index is -0.249. The van der Waals surface area contributed by atoms with Crippen LogP contribution in [-0.4, -0.2) is 54.4 Å². The van der Waals surface area contributed by atoms with Crippen molar-refractivity contribution in [2.75, 3.05) is 31.6 Å². The number of aliphatic hydroxyl groups excluding tert-OH is 1. The number of ether oxygens (including phenoxy) is 1. The zero-order valence-electron chi connectivity index (χ0n) is 10.7. The fourth-order valence-corrected chi connectivity index (χ4v) is 2.70. The van der Waals surface area contributed by atoms with Crippen LogP contribution in [0.1, 0.15) is 5.56 Å². The molecule has 1 aromatic carbocycles. The van der Waals surface area contributed by atoms with Crippen LogP contribution in [0.15, 0.2) is 24.3 Å². The number of carbonyl (C=O) groups is 1. The van der Waals surface area contributed by atoms with Gasteiger partial charge in [-0.3, -0.25) is 4.79 Å². The van der Waals surface area contributed by atoms with Crippen LogP contribution in [0.5, 0.6) is 0 Å². The quantitative estimate of drug-likeness (QED) is 0.801. The van der Waals surface area contributed by atoms with Gasteiger partial charge in [-0.15, -0.1) is 0 Å². The minimum absolute atomic E-state index is 0.0396. The molecule has 1 aromatic rings. The number of hydrogen-bond acceptors (Lipinski definition) is 4. The number of hydrogen-bond donors (Lipinski definition) is 2. The van der Waals surface area contributed by atoms with Crippen molar-refractivity contribution in [3.8, 4) is 0 Å². The van der Waals surface area contributed by atoms with Crippen molar-refractivity contribution in [1.29, 1.82) is 0 Å². The summed E-state index contributed by atoms with van der Waals surface area (Å²) in [6.45, 7) is 1.53. The number of morpholine rings is 1. The highest BCUT2D eigenvalue weighted by atomic mass is 16.5. The number of anilines is 1. The van der Waals surface area contributed by atoms with Gasteiger partial charge >= 0.3 is 0 Å². The van der Waals surface area contributed by atoms with E-state index in [1.807, 2.05) is 24.3 Å². The van der Waals surface area contributed by atoms with Gasteiger partial charge in [-0.2, -0.15) is 0 Å². The van der Waals surface area contributed by atoms with Gasteiger partial charge in [0.1, 0.15) is 6.04 Å². The Kier molecular flexibility index (Phi) is 3.40. The smallest absolute Gasteiger partial charge is 0.245 e. The number of carbonyl (C=O) groups excluding carboxylic acids is 1. The molecule has 2 aliphatic heterocycles. The van der Waals surface area contributed by atoms with Crippen LogP contribution in [-0.2, 0) is 16.0 Å². The van der Waals surface area contributed by atoms with Crippen molar-refractivity contribution in [3.05, 3.63) is 29.8 Å². The van der Waals surface area contributed by atoms with Gasteiger partial charge in [0.05, 0.1) is 19.3 Å². The zero-order valence-corrected chi connectivity index (χ0v) is 10.7. The van der Waals surface area contributed by atoms with Crippen molar-refractivity contribution in [3.63, 3.8) is 0 Å². The van der Waals surface area contributed by atoms with Gasteiger partial charge in [0.15, 0.2) is 0 Å². The lowest BCUT2D eigenvalue weighted by Gasteiger charge is -2.33. The summed E-state index contributed by atoms with van der Waals surface area (Å²) >= 11 is 0. The number of nitrogens with zero attached hydrogens (tertiary/aromatic N) is 1. The summed E-state index contributed by atoms with van der Waals surface area (Å²) in [4.78, 5) is 14.2. The number of amides is 1. The highest BCUT2D eigenvalue weighted by Crippen LogP contribution is 2.26. The molecule has 0 radical (unpaired) electrons. The molecule has 0 aliphatic carbocycles. The first-order valence-electron chi connectivity index (χ1n) is 6.63. The summed E-state index contributed by atoms with van der Waals surface area (Å²) in [5, 5.41) is 12.4. The standard InChI is InChI=1S/C14H18N2O3/c17-9-11-8-16(5-6-19-11)14(18)13-7-10-3-1-2-4-12(10)15-13/h1-4,11,13,15,17H,5-9H2. The Labute approximate surface area is 112 Å². The second-order valence-corrected chi connectivity index (χ2v) is 5.02. The lowest BCUT2D eigenvalue weighted by atomic mass is 10.1. The van der Waals surface area contributed by atoms with Crippen LogP contribution in [0.25, 0.3) is 0 Å². The predicted molar refractivity (Wildman–Crippen MR) is 71.0 cm³/mol. The monoisotopic (exact) mass is 262 g/mol. The molecule has 2 N–H and O–H groups in total. The lowest BCUT2D eigenvalue weighted by molar-refractivity contribution is -0.140. The summed E-state index contributed by atoms with van der Waals surface area (Å²) in [6.07, 6.45) is 0.484. The molecule has 2 unspecified atom stereocenters. The van der Waals surface area contributed by atoms with Gasteiger partial charge in [-0.25, -0.2) is 0 Å². The molecule has 19 heavy (non-hydrogen) atoms. The third-order valence-electron chi connectivity index (χ3n) is 3.72. The predicted octanol–water partition coefficient (Wildman–Crippen LogP) is 0.243. The molecule has 0 saturated carbocycles. The first-order chi connectivity index (χ1) is 9.28. The maximum Gasteiger partial charge on any atom is 0.245 e. The van der Waals surface area contributed by atoms with E-state index in [0.29, 0.717) is 19.7 Å². The van der Waals surface area contributed by atoms with E-state index in [2.05, 4.69) is 5.32 Å². The van der Waals surface area contributed by atoms with Gasteiger partial charge < -0.3 is 20.1 Å². The molecule has 3 rings (SSSR count). The van der Waals surface area contributed by atoms with Crippen molar-refractivity contribution < 1.29 is 14.6 Å². The Hall–Kier alpha value is -1.59. The van der Waals surface area contributed by atoms with Gasteiger partial charge in [0.2, 0.25) is 5.91 Å². The summed E-state index contributed by atoms with van der Waals surface area (Å²) in [5.41, 5.74) is 2.24. The second-order valence-electron chi connectivity index (χ2n) is 5.02. The second kappa shape index (κ2) is 5.19. The van der Waals surface area contributed by atoms with Gasteiger partial charge in [-0.1, -0.05) is 18.2 Å². The molecule has 2 atom stereocenters. The highest BCUT2D eigenvalue weighted by molar-refractivity contribution is 5.87. The molecule has 1 fully saturated rings. The third kappa shape index (κ3) is 2.43. The van der Waals surface area contributed by atoms with E-state index in [4.69, 9.17) is 9.84 Å². The number of benzene rings is 1. The molecule has 0 bridgehead atoms. The van der Waals surface area contributed by atoms with Crippen molar-refractivity contribution in [2.45, 2.75) is 18.6 Å². The molecular weight excluding hydrogens is 244 g/mol.